The number of piperazine rings is 1. The van der Waals surface area contributed by atoms with Crippen LogP contribution in [-0.4, -0.2) is 48.3 Å². The molecular formula is C26H25N3O4. The number of hydrogen-bond acceptors (Lipinski definition) is 7. The molecule has 1 aliphatic rings. The molecule has 0 atom stereocenters. The van der Waals surface area contributed by atoms with Gasteiger partial charge in [0.1, 0.15) is 29.2 Å². The third-order valence-corrected chi connectivity index (χ3v) is 6.15. The largest absolute Gasteiger partial charge is 0.507 e. The standard InChI is InChI=1S/C26H25N3O4/c1-32-19-7-5-18(6-8-19)22-17-33-26-20(25(22)31)9-10-23(30)21(26)16-28-12-14-29(15-13-28)24-4-2-3-11-27-24/h2-11,17,30H,12-16H2,1H3. The lowest BCUT2D eigenvalue weighted by Gasteiger charge is -2.35. The molecule has 2 aromatic heterocycles. The van der Waals surface area contributed by atoms with E-state index in [-0.39, 0.29) is 11.2 Å². The van der Waals surface area contributed by atoms with Crippen LogP contribution in [-0.2, 0) is 6.54 Å². The number of pyridine rings is 1. The van der Waals surface area contributed by atoms with Gasteiger partial charge in [0.2, 0.25) is 5.43 Å². The molecule has 1 aliphatic heterocycles. The highest BCUT2D eigenvalue weighted by Gasteiger charge is 2.22. The van der Waals surface area contributed by atoms with Crippen molar-refractivity contribution in [1.29, 1.82) is 0 Å². The van der Waals surface area contributed by atoms with E-state index < -0.39 is 0 Å². The van der Waals surface area contributed by atoms with E-state index in [1.165, 1.54) is 6.26 Å². The Morgan fingerprint density at radius 2 is 1.82 bits per heavy atom. The van der Waals surface area contributed by atoms with Crippen LogP contribution in [0.25, 0.3) is 22.1 Å². The first-order valence-corrected chi connectivity index (χ1v) is 10.9. The van der Waals surface area contributed by atoms with Crippen molar-refractivity contribution in [3.63, 3.8) is 0 Å². The van der Waals surface area contributed by atoms with Crippen LogP contribution in [0, 0.1) is 0 Å². The zero-order valence-corrected chi connectivity index (χ0v) is 18.4. The molecule has 2 aromatic carbocycles. The summed E-state index contributed by atoms with van der Waals surface area (Å²) in [4.78, 5) is 22.2. The summed E-state index contributed by atoms with van der Waals surface area (Å²) in [5.41, 5.74) is 2.18. The van der Waals surface area contributed by atoms with E-state index in [0.717, 1.165) is 43.3 Å². The number of aromatic nitrogens is 1. The lowest BCUT2D eigenvalue weighted by atomic mass is 10.0. The zero-order valence-electron chi connectivity index (χ0n) is 18.4. The van der Waals surface area contributed by atoms with E-state index in [0.29, 0.717) is 28.6 Å². The van der Waals surface area contributed by atoms with Gasteiger partial charge in [0, 0.05) is 38.9 Å². The summed E-state index contributed by atoms with van der Waals surface area (Å²) >= 11 is 0. The van der Waals surface area contributed by atoms with E-state index in [1.54, 1.807) is 25.4 Å². The lowest BCUT2D eigenvalue weighted by molar-refractivity contribution is 0.246. The average molecular weight is 444 g/mol. The number of benzene rings is 2. The number of rotatable bonds is 5. The summed E-state index contributed by atoms with van der Waals surface area (Å²) in [5.74, 6) is 1.83. The first-order chi connectivity index (χ1) is 16.1. The Morgan fingerprint density at radius 3 is 2.52 bits per heavy atom. The van der Waals surface area contributed by atoms with Gasteiger partial charge in [-0.15, -0.1) is 0 Å². The van der Waals surface area contributed by atoms with Gasteiger partial charge in [-0.3, -0.25) is 9.69 Å². The number of phenolic OH excluding ortho intramolecular Hbond substituents is 1. The number of phenols is 1. The highest BCUT2D eigenvalue weighted by molar-refractivity contribution is 5.85. The van der Waals surface area contributed by atoms with E-state index >= 15 is 0 Å². The quantitative estimate of drug-likeness (QED) is 0.501. The molecule has 0 bridgehead atoms. The van der Waals surface area contributed by atoms with E-state index in [1.807, 2.05) is 42.5 Å². The fraction of sp³-hybridized carbons (Fsp3) is 0.231. The van der Waals surface area contributed by atoms with Crippen molar-refractivity contribution in [3.8, 4) is 22.6 Å². The first-order valence-electron chi connectivity index (χ1n) is 10.9. The molecule has 0 radical (unpaired) electrons. The topological polar surface area (TPSA) is 79.0 Å². The van der Waals surface area contributed by atoms with Gasteiger partial charge >= 0.3 is 0 Å². The summed E-state index contributed by atoms with van der Waals surface area (Å²) in [6.45, 7) is 3.83. The summed E-state index contributed by atoms with van der Waals surface area (Å²) in [6.07, 6.45) is 3.28. The second-order valence-electron chi connectivity index (χ2n) is 8.10. The highest BCUT2D eigenvalue weighted by atomic mass is 16.5. The van der Waals surface area contributed by atoms with Crippen LogP contribution in [0.1, 0.15) is 5.56 Å². The van der Waals surface area contributed by atoms with Crippen molar-refractivity contribution in [2.45, 2.75) is 6.54 Å². The van der Waals surface area contributed by atoms with Gasteiger partial charge < -0.3 is 19.2 Å². The van der Waals surface area contributed by atoms with Crippen LogP contribution in [0.15, 0.2) is 76.3 Å². The minimum atomic E-state index is -0.123. The van der Waals surface area contributed by atoms with Gasteiger partial charge in [0.25, 0.3) is 0 Å². The molecule has 5 rings (SSSR count). The molecule has 4 aromatic rings. The van der Waals surface area contributed by atoms with Crippen molar-refractivity contribution in [2.75, 3.05) is 38.2 Å². The Kier molecular flexibility index (Phi) is 5.71. The number of fused-ring (bicyclic) bond motifs is 1. The fourth-order valence-corrected chi connectivity index (χ4v) is 4.27. The SMILES string of the molecule is COc1ccc(-c2coc3c(CN4CCN(c5ccccn5)CC4)c(O)ccc3c2=O)cc1. The van der Waals surface area contributed by atoms with Gasteiger partial charge in [-0.05, 0) is 42.0 Å². The molecule has 0 aliphatic carbocycles. The smallest absolute Gasteiger partial charge is 0.200 e. The van der Waals surface area contributed by atoms with Crippen LogP contribution < -0.4 is 15.1 Å². The maximum atomic E-state index is 13.2. The predicted molar refractivity (Wildman–Crippen MR) is 128 cm³/mol. The van der Waals surface area contributed by atoms with Gasteiger partial charge in [-0.2, -0.15) is 0 Å². The first kappa shape index (κ1) is 21.0. The zero-order chi connectivity index (χ0) is 22.8. The molecule has 7 heteroatoms. The third kappa shape index (κ3) is 4.15. The summed E-state index contributed by atoms with van der Waals surface area (Å²) in [7, 11) is 1.60. The predicted octanol–water partition coefficient (Wildman–Crippen LogP) is 3.89. The van der Waals surface area contributed by atoms with Gasteiger partial charge in [0.05, 0.1) is 23.6 Å². The van der Waals surface area contributed by atoms with Crippen LogP contribution in [0.5, 0.6) is 11.5 Å². The van der Waals surface area contributed by atoms with Crippen LogP contribution >= 0.6 is 0 Å². The molecule has 3 heterocycles. The molecule has 33 heavy (non-hydrogen) atoms. The van der Waals surface area contributed by atoms with Crippen molar-refractivity contribution < 1.29 is 14.3 Å². The van der Waals surface area contributed by atoms with Gasteiger partial charge in [0.15, 0.2) is 0 Å². The highest BCUT2D eigenvalue weighted by Crippen LogP contribution is 2.30. The molecule has 168 valence electrons. The maximum absolute atomic E-state index is 13.2. The third-order valence-electron chi connectivity index (χ3n) is 6.15. The molecular weight excluding hydrogens is 418 g/mol. The minimum Gasteiger partial charge on any atom is -0.507 e. The average Bonchev–Trinajstić information content (AvgIpc) is 2.87. The van der Waals surface area contributed by atoms with Crippen LogP contribution in [0.2, 0.25) is 0 Å². The monoisotopic (exact) mass is 443 g/mol. The normalized spacial score (nSPS) is 14.5. The molecule has 1 N–H and O–H groups in total. The molecule has 1 saturated heterocycles. The van der Waals surface area contributed by atoms with Crippen molar-refractivity contribution in [1.82, 2.24) is 9.88 Å². The summed E-state index contributed by atoms with van der Waals surface area (Å²) in [6, 6.07) is 16.4. The maximum Gasteiger partial charge on any atom is 0.200 e. The van der Waals surface area contributed by atoms with Crippen LogP contribution in [0.3, 0.4) is 0 Å². The lowest BCUT2D eigenvalue weighted by Crippen LogP contribution is -2.46. The van der Waals surface area contributed by atoms with Crippen molar-refractivity contribution in [2.24, 2.45) is 0 Å². The number of hydrogen-bond donors (Lipinski definition) is 1. The Balaban J connectivity index is 1.40. The number of ether oxygens (including phenoxy) is 1. The van der Waals surface area contributed by atoms with Crippen LogP contribution in [0.4, 0.5) is 5.82 Å². The van der Waals surface area contributed by atoms with E-state index in [9.17, 15) is 9.90 Å². The number of methoxy groups -OCH3 is 1. The number of aromatic hydroxyl groups is 1. The summed E-state index contributed by atoms with van der Waals surface area (Å²) in [5, 5.41) is 11.0. The minimum absolute atomic E-state index is 0.123. The van der Waals surface area contributed by atoms with Gasteiger partial charge in [-0.1, -0.05) is 18.2 Å². The number of anilines is 1. The van der Waals surface area contributed by atoms with Crippen molar-refractivity contribution >= 4 is 16.8 Å². The Labute approximate surface area is 191 Å². The second kappa shape index (κ2) is 8.96. The molecule has 0 saturated carbocycles. The molecule has 1 fully saturated rings. The van der Waals surface area contributed by atoms with Gasteiger partial charge in [-0.25, -0.2) is 4.98 Å². The Hall–Kier alpha value is -3.84. The summed E-state index contributed by atoms with van der Waals surface area (Å²) < 4.78 is 11.1. The number of nitrogens with zero attached hydrogens (tertiary/aromatic N) is 3. The molecule has 0 amide bonds. The molecule has 0 unspecified atom stereocenters. The van der Waals surface area contributed by atoms with E-state index in [4.69, 9.17) is 9.15 Å². The van der Waals surface area contributed by atoms with Crippen molar-refractivity contribution in [3.05, 3.63) is 82.8 Å². The molecule has 7 nitrogen and oxygen atoms in total. The second-order valence-corrected chi connectivity index (χ2v) is 8.10. The fourth-order valence-electron chi connectivity index (χ4n) is 4.27. The van der Waals surface area contributed by atoms with E-state index in [2.05, 4.69) is 14.8 Å². The Morgan fingerprint density at radius 1 is 1.03 bits per heavy atom. The Bertz CT molecular complexity index is 1310. The molecule has 0 spiro atoms.